The zero-order chi connectivity index (χ0) is 14.9. The molecular weight excluding hydrogens is 314 g/mol. The molecule has 114 valence electrons. The second-order valence-corrected chi connectivity index (χ2v) is 7.43. The van der Waals surface area contributed by atoms with E-state index in [0.717, 1.165) is 49.1 Å². The zero-order valence-electron chi connectivity index (χ0n) is 12.4. The highest BCUT2D eigenvalue weighted by molar-refractivity contribution is 7.17. The summed E-state index contributed by atoms with van der Waals surface area (Å²) in [6.45, 7) is 7.13. The molecular formula is C15H17N5S2. The maximum absolute atomic E-state index is 4.56. The molecule has 1 aliphatic heterocycles. The molecule has 0 aliphatic carbocycles. The Balaban J connectivity index is 1.44. The molecule has 0 aromatic carbocycles. The first-order valence-corrected chi connectivity index (χ1v) is 9.12. The summed E-state index contributed by atoms with van der Waals surface area (Å²) >= 11 is 3.45. The standard InChI is InChI=1S/C15H17N5S2/c1-11-18-12(9-22-11)8-19-3-5-20(6-4-19)15-14-13(2-7-21-14)16-10-17-15/h2,7,9-10H,3-6,8H2,1H3. The third kappa shape index (κ3) is 2.71. The van der Waals surface area contributed by atoms with Crippen LogP contribution in [0.4, 0.5) is 5.82 Å². The van der Waals surface area contributed by atoms with Gasteiger partial charge >= 0.3 is 0 Å². The second kappa shape index (κ2) is 5.91. The number of hydrogen-bond acceptors (Lipinski definition) is 7. The fraction of sp³-hybridized carbons (Fsp3) is 0.400. The highest BCUT2D eigenvalue weighted by Gasteiger charge is 2.20. The van der Waals surface area contributed by atoms with E-state index < -0.39 is 0 Å². The molecule has 4 rings (SSSR count). The lowest BCUT2D eigenvalue weighted by Gasteiger charge is -2.35. The van der Waals surface area contributed by atoms with Gasteiger partial charge in [0.1, 0.15) is 12.1 Å². The minimum atomic E-state index is 0.955. The van der Waals surface area contributed by atoms with Crippen molar-refractivity contribution in [2.75, 3.05) is 31.1 Å². The van der Waals surface area contributed by atoms with Crippen LogP contribution in [-0.2, 0) is 6.54 Å². The number of piperazine rings is 1. The minimum Gasteiger partial charge on any atom is -0.353 e. The Hall–Kier alpha value is -1.57. The summed E-state index contributed by atoms with van der Waals surface area (Å²) in [7, 11) is 0. The molecule has 22 heavy (non-hydrogen) atoms. The highest BCUT2D eigenvalue weighted by atomic mass is 32.1. The van der Waals surface area contributed by atoms with Crippen molar-refractivity contribution in [2.45, 2.75) is 13.5 Å². The Morgan fingerprint density at radius 1 is 1.14 bits per heavy atom. The molecule has 1 aliphatic rings. The van der Waals surface area contributed by atoms with Crippen molar-refractivity contribution in [3.8, 4) is 0 Å². The van der Waals surface area contributed by atoms with Crippen molar-refractivity contribution in [3.63, 3.8) is 0 Å². The Bertz CT molecular complexity index is 773. The lowest BCUT2D eigenvalue weighted by Crippen LogP contribution is -2.46. The summed E-state index contributed by atoms with van der Waals surface area (Å²) in [4.78, 5) is 18.2. The van der Waals surface area contributed by atoms with Gasteiger partial charge in [-0.25, -0.2) is 15.0 Å². The second-order valence-electron chi connectivity index (χ2n) is 5.45. The number of thiophene rings is 1. The van der Waals surface area contributed by atoms with Crippen molar-refractivity contribution in [3.05, 3.63) is 33.9 Å². The first-order chi connectivity index (χ1) is 10.8. The number of aryl methyl sites for hydroxylation is 1. The normalized spacial score (nSPS) is 16.5. The number of thiazole rings is 1. The van der Waals surface area contributed by atoms with Crippen LogP contribution in [0.2, 0.25) is 0 Å². The average molecular weight is 331 g/mol. The minimum absolute atomic E-state index is 0.955. The first-order valence-electron chi connectivity index (χ1n) is 7.36. The molecule has 1 fully saturated rings. The number of nitrogens with zero attached hydrogens (tertiary/aromatic N) is 5. The molecule has 3 aromatic heterocycles. The summed E-state index contributed by atoms with van der Waals surface area (Å²) in [5, 5.41) is 5.40. The van der Waals surface area contributed by atoms with Gasteiger partial charge in [0.15, 0.2) is 0 Å². The maximum atomic E-state index is 4.56. The average Bonchev–Trinajstić information content (AvgIpc) is 3.16. The van der Waals surface area contributed by atoms with Gasteiger partial charge in [0.05, 0.1) is 20.9 Å². The maximum Gasteiger partial charge on any atom is 0.150 e. The topological polar surface area (TPSA) is 45.2 Å². The largest absolute Gasteiger partial charge is 0.353 e. The van der Waals surface area contributed by atoms with Gasteiger partial charge in [-0.3, -0.25) is 4.90 Å². The molecule has 1 saturated heterocycles. The summed E-state index contributed by atoms with van der Waals surface area (Å²) in [5.74, 6) is 1.09. The summed E-state index contributed by atoms with van der Waals surface area (Å²) in [5.41, 5.74) is 2.24. The van der Waals surface area contributed by atoms with Gasteiger partial charge in [-0.1, -0.05) is 0 Å². The number of rotatable bonds is 3. The number of anilines is 1. The predicted octanol–water partition coefficient (Wildman–Crippen LogP) is 2.78. The van der Waals surface area contributed by atoms with E-state index in [1.54, 1.807) is 29.0 Å². The Labute approximate surface area is 137 Å². The van der Waals surface area contributed by atoms with Crippen LogP contribution in [0, 0.1) is 6.92 Å². The zero-order valence-corrected chi connectivity index (χ0v) is 14.0. The quantitative estimate of drug-likeness (QED) is 0.738. The Kier molecular flexibility index (Phi) is 3.77. The van der Waals surface area contributed by atoms with Crippen LogP contribution >= 0.6 is 22.7 Å². The van der Waals surface area contributed by atoms with Crippen LogP contribution in [0.1, 0.15) is 10.7 Å². The van der Waals surface area contributed by atoms with E-state index in [0.29, 0.717) is 0 Å². The number of hydrogen-bond donors (Lipinski definition) is 0. The van der Waals surface area contributed by atoms with E-state index in [1.165, 1.54) is 10.4 Å². The van der Waals surface area contributed by atoms with Crippen LogP contribution in [0.5, 0.6) is 0 Å². The summed E-state index contributed by atoms with van der Waals surface area (Å²) in [6.07, 6.45) is 1.68. The van der Waals surface area contributed by atoms with Crippen LogP contribution in [0.15, 0.2) is 23.2 Å². The summed E-state index contributed by atoms with van der Waals surface area (Å²) < 4.78 is 1.20. The van der Waals surface area contributed by atoms with Crippen LogP contribution in [0.25, 0.3) is 10.2 Å². The van der Waals surface area contributed by atoms with Crippen molar-refractivity contribution in [2.24, 2.45) is 0 Å². The lowest BCUT2D eigenvalue weighted by molar-refractivity contribution is 0.247. The molecule has 0 radical (unpaired) electrons. The van der Waals surface area contributed by atoms with Gasteiger partial charge in [-0.2, -0.15) is 0 Å². The third-order valence-electron chi connectivity index (χ3n) is 3.95. The van der Waals surface area contributed by atoms with E-state index in [1.807, 2.05) is 0 Å². The molecule has 0 N–H and O–H groups in total. The van der Waals surface area contributed by atoms with Gasteiger partial charge in [0.2, 0.25) is 0 Å². The van der Waals surface area contributed by atoms with E-state index >= 15 is 0 Å². The smallest absolute Gasteiger partial charge is 0.150 e. The summed E-state index contributed by atoms with van der Waals surface area (Å²) in [6, 6.07) is 2.06. The first kappa shape index (κ1) is 14.0. The van der Waals surface area contributed by atoms with Crippen molar-refractivity contribution in [1.82, 2.24) is 19.9 Å². The molecule has 0 amide bonds. The van der Waals surface area contributed by atoms with E-state index in [-0.39, 0.29) is 0 Å². The molecule has 4 heterocycles. The molecule has 0 spiro atoms. The molecule has 0 bridgehead atoms. The van der Waals surface area contributed by atoms with Crippen LogP contribution in [-0.4, -0.2) is 46.0 Å². The number of fused-ring (bicyclic) bond motifs is 1. The number of aromatic nitrogens is 3. The molecule has 3 aromatic rings. The Morgan fingerprint density at radius 3 is 2.77 bits per heavy atom. The van der Waals surface area contributed by atoms with E-state index in [4.69, 9.17) is 0 Å². The van der Waals surface area contributed by atoms with Crippen molar-refractivity contribution >= 4 is 38.7 Å². The fourth-order valence-corrected chi connectivity index (χ4v) is 4.29. The SMILES string of the molecule is Cc1nc(CN2CCN(c3ncnc4ccsc34)CC2)cs1. The van der Waals surface area contributed by atoms with Crippen molar-refractivity contribution in [1.29, 1.82) is 0 Å². The van der Waals surface area contributed by atoms with Gasteiger partial charge in [0, 0.05) is 38.1 Å². The lowest BCUT2D eigenvalue weighted by atomic mass is 10.3. The predicted molar refractivity (Wildman–Crippen MR) is 91.8 cm³/mol. The van der Waals surface area contributed by atoms with E-state index in [9.17, 15) is 0 Å². The van der Waals surface area contributed by atoms with Crippen molar-refractivity contribution < 1.29 is 0 Å². The monoisotopic (exact) mass is 331 g/mol. The van der Waals surface area contributed by atoms with Gasteiger partial charge in [-0.15, -0.1) is 22.7 Å². The molecule has 7 heteroatoms. The van der Waals surface area contributed by atoms with Crippen LogP contribution in [0.3, 0.4) is 0 Å². The van der Waals surface area contributed by atoms with Gasteiger partial charge in [0.25, 0.3) is 0 Å². The van der Waals surface area contributed by atoms with Crippen LogP contribution < -0.4 is 4.90 Å². The third-order valence-corrected chi connectivity index (χ3v) is 5.67. The fourth-order valence-electron chi connectivity index (χ4n) is 2.83. The Morgan fingerprint density at radius 2 is 2.00 bits per heavy atom. The highest BCUT2D eigenvalue weighted by Crippen LogP contribution is 2.28. The van der Waals surface area contributed by atoms with Gasteiger partial charge < -0.3 is 4.90 Å². The molecule has 0 atom stereocenters. The molecule has 5 nitrogen and oxygen atoms in total. The van der Waals surface area contributed by atoms with E-state index in [2.05, 4.69) is 48.5 Å². The van der Waals surface area contributed by atoms with Gasteiger partial charge in [-0.05, 0) is 18.4 Å². The molecule has 0 unspecified atom stereocenters. The molecule has 0 saturated carbocycles.